The Kier molecular flexibility index (Phi) is 2.45. The average molecular weight is 192 g/mol. The van der Waals surface area contributed by atoms with Crippen molar-refractivity contribution in [2.24, 2.45) is 0 Å². The minimum Gasteiger partial charge on any atom is -0.465 e. The second-order valence-electron chi connectivity index (χ2n) is 3.25. The fourth-order valence-corrected chi connectivity index (χ4v) is 1.57. The van der Waals surface area contributed by atoms with Crippen LogP contribution < -0.4 is 5.32 Å². The summed E-state index contributed by atoms with van der Waals surface area (Å²) in [4.78, 5) is 15.4. The second kappa shape index (κ2) is 3.75. The van der Waals surface area contributed by atoms with Gasteiger partial charge in [-0.2, -0.15) is 0 Å². The number of carbonyl (C=O) groups is 1. The summed E-state index contributed by atoms with van der Waals surface area (Å²) in [5.41, 5.74) is 2.71. The minimum absolute atomic E-state index is 0.321. The molecule has 0 aliphatic carbocycles. The molecule has 1 aliphatic rings. The van der Waals surface area contributed by atoms with Crippen molar-refractivity contribution in [3.05, 3.63) is 29.1 Å². The van der Waals surface area contributed by atoms with E-state index in [4.69, 9.17) is 0 Å². The molecular formula is C10H12N2O2. The molecule has 0 atom stereocenters. The van der Waals surface area contributed by atoms with Gasteiger partial charge in [-0.05, 0) is 24.6 Å². The first-order valence-electron chi connectivity index (χ1n) is 4.58. The van der Waals surface area contributed by atoms with E-state index in [1.54, 1.807) is 6.20 Å². The second-order valence-corrected chi connectivity index (χ2v) is 3.25. The molecule has 0 amide bonds. The lowest BCUT2D eigenvalue weighted by Gasteiger charge is -2.16. The highest BCUT2D eigenvalue weighted by atomic mass is 16.5. The lowest BCUT2D eigenvalue weighted by Crippen LogP contribution is -2.25. The molecule has 0 saturated heterocycles. The SMILES string of the molecule is COC(=O)c1cnc2c(c1)CCNC2. The predicted octanol–water partition coefficient (Wildman–Crippen LogP) is 0.514. The third-order valence-electron chi connectivity index (χ3n) is 2.34. The maximum atomic E-state index is 11.2. The van der Waals surface area contributed by atoms with E-state index < -0.39 is 0 Å². The normalized spacial score (nSPS) is 14.6. The lowest BCUT2D eigenvalue weighted by molar-refractivity contribution is 0.0600. The fourth-order valence-electron chi connectivity index (χ4n) is 1.57. The average Bonchev–Trinajstić information content (AvgIpc) is 2.27. The van der Waals surface area contributed by atoms with E-state index in [2.05, 4.69) is 15.0 Å². The summed E-state index contributed by atoms with van der Waals surface area (Å²) >= 11 is 0. The van der Waals surface area contributed by atoms with Crippen molar-refractivity contribution in [2.45, 2.75) is 13.0 Å². The Bertz CT molecular complexity index is 363. The minimum atomic E-state index is -0.321. The maximum Gasteiger partial charge on any atom is 0.339 e. The van der Waals surface area contributed by atoms with Crippen LogP contribution in [0.3, 0.4) is 0 Å². The van der Waals surface area contributed by atoms with Gasteiger partial charge in [-0.3, -0.25) is 4.98 Å². The summed E-state index contributed by atoms with van der Waals surface area (Å²) in [7, 11) is 1.38. The molecular weight excluding hydrogens is 180 g/mol. The van der Waals surface area contributed by atoms with Crippen LogP contribution in [0.25, 0.3) is 0 Å². The number of nitrogens with zero attached hydrogens (tertiary/aromatic N) is 1. The smallest absolute Gasteiger partial charge is 0.339 e. The van der Waals surface area contributed by atoms with E-state index in [1.807, 2.05) is 6.07 Å². The molecule has 4 heteroatoms. The van der Waals surface area contributed by atoms with Crippen molar-refractivity contribution in [2.75, 3.05) is 13.7 Å². The van der Waals surface area contributed by atoms with E-state index in [0.717, 1.165) is 30.8 Å². The van der Waals surface area contributed by atoms with Crippen molar-refractivity contribution in [1.29, 1.82) is 0 Å². The molecule has 0 unspecified atom stereocenters. The van der Waals surface area contributed by atoms with Gasteiger partial charge in [-0.25, -0.2) is 4.79 Å². The van der Waals surface area contributed by atoms with Crippen molar-refractivity contribution in [1.82, 2.24) is 10.3 Å². The molecule has 4 nitrogen and oxygen atoms in total. The Morgan fingerprint density at radius 2 is 2.50 bits per heavy atom. The van der Waals surface area contributed by atoms with Crippen molar-refractivity contribution >= 4 is 5.97 Å². The monoisotopic (exact) mass is 192 g/mol. The van der Waals surface area contributed by atoms with E-state index in [9.17, 15) is 4.79 Å². The zero-order valence-corrected chi connectivity index (χ0v) is 8.04. The number of hydrogen-bond acceptors (Lipinski definition) is 4. The van der Waals surface area contributed by atoms with Gasteiger partial charge in [0, 0.05) is 12.7 Å². The van der Waals surface area contributed by atoms with Gasteiger partial charge in [0.25, 0.3) is 0 Å². The molecule has 0 radical (unpaired) electrons. The number of methoxy groups -OCH3 is 1. The largest absolute Gasteiger partial charge is 0.465 e. The molecule has 0 aromatic carbocycles. The summed E-state index contributed by atoms with van der Waals surface area (Å²) in [5.74, 6) is -0.321. The topological polar surface area (TPSA) is 51.2 Å². The van der Waals surface area contributed by atoms with Crippen LogP contribution in [0.1, 0.15) is 21.6 Å². The van der Waals surface area contributed by atoms with Crippen LogP contribution in [-0.4, -0.2) is 24.6 Å². The first kappa shape index (κ1) is 9.15. The van der Waals surface area contributed by atoms with Crippen LogP contribution in [0.2, 0.25) is 0 Å². The van der Waals surface area contributed by atoms with Crippen molar-refractivity contribution < 1.29 is 9.53 Å². The molecule has 74 valence electrons. The molecule has 1 N–H and O–H groups in total. The maximum absolute atomic E-state index is 11.2. The highest BCUT2D eigenvalue weighted by Gasteiger charge is 2.13. The molecule has 14 heavy (non-hydrogen) atoms. The summed E-state index contributed by atoms with van der Waals surface area (Å²) < 4.78 is 4.63. The Morgan fingerprint density at radius 1 is 1.64 bits per heavy atom. The highest BCUT2D eigenvalue weighted by molar-refractivity contribution is 5.89. The standard InChI is InChI=1S/C10H12N2O2/c1-14-10(13)8-4-7-2-3-11-6-9(7)12-5-8/h4-5,11H,2-3,6H2,1H3. The highest BCUT2D eigenvalue weighted by Crippen LogP contribution is 2.13. The van der Waals surface area contributed by atoms with Gasteiger partial charge < -0.3 is 10.1 Å². The number of fused-ring (bicyclic) bond motifs is 1. The summed E-state index contributed by atoms with van der Waals surface area (Å²) in [5, 5.41) is 3.22. The van der Waals surface area contributed by atoms with Crippen LogP contribution >= 0.6 is 0 Å². The summed E-state index contributed by atoms with van der Waals surface area (Å²) in [6, 6.07) is 1.87. The lowest BCUT2D eigenvalue weighted by atomic mass is 10.0. The Labute approximate surface area is 82.3 Å². The molecule has 0 bridgehead atoms. The van der Waals surface area contributed by atoms with E-state index in [1.165, 1.54) is 7.11 Å². The van der Waals surface area contributed by atoms with Gasteiger partial charge in [-0.1, -0.05) is 0 Å². The van der Waals surface area contributed by atoms with Crippen molar-refractivity contribution in [3.63, 3.8) is 0 Å². The zero-order chi connectivity index (χ0) is 9.97. The summed E-state index contributed by atoms with van der Waals surface area (Å²) in [6.45, 7) is 1.73. The first-order chi connectivity index (χ1) is 6.81. The number of carbonyl (C=O) groups excluding carboxylic acids is 1. The Balaban J connectivity index is 2.33. The molecule has 2 rings (SSSR count). The third-order valence-corrected chi connectivity index (χ3v) is 2.34. The van der Waals surface area contributed by atoms with E-state index in [0.29, 0.717) is 5.56 Å². The zero-order valence-electron chi connectivity index (χ0n) is 8.04. The van der Waals surface area contributed by atoms with Gasteiger partial charge in [0.1, 0.15) is 0 Å². The van der Waals surface area contributed by atoms with Crippen molar-refractivity contribution in [3.8, 4) is 0 Å². The molecule has 0 fully saturated rings. The van der Waals surface area contributed by atoms with Crippen LogP contribution in [0, 0.1) is 0 Å². The number of rotatable bonds is 1. The number of nitrogens with one attached hydrogen (secondary N) is 1. The van der Waals surface area contributed by atoms with E-state index >= 15 is 0 Å². The first-order valence-corrected chi connectivity index (χ1v) is 4.58. The van der Waals surface area contributed by atoms with Gasteiger partial charge in [0.05, 0.1) is 18.4 Å². The Morgan fingerprint density at radius 3 is 3.29 bits per heavy atom. The van der Waals surface area contributed by atoms with Gasteiger partial charge >= 0.3 is 5.97 Å². The third kappa shape index (κ3) is 1.61. The van der Waals surface area contributed by atoms with Crippen LogP contribution in [0.4, 0.5) is 0 Å². The summed E-state index contributed by atoms with van der Waals surface area (Å²) in [6.07, 6.45) is 2.49. The number of pyridine rings is 1. The molecule has 1 aliphatic heterocycles. The molecule has 0 saturated carbocycles. The fraction of sp³-hybridized carbons (Fsp3) is 0.400. The molecule has 1 aromatic heterocycles. The van der Waals surface area contributed by atoms with E-state index in [-0.39, 0.29) is 5.97 Å². The van der Waals surface area contributed by atoms with Gasteiger partial charge in [-0.15, -0.1) is 0 Å². The number of esters is 1. The Hall–Kier alpha value is -1.42. The molecule has 2 heterocycles. The van der Waals surface area contributed by atoms with Crippen LogP contribution in [0.15, 0.2) is 12.3 Å². The quantitative estimate of drug-likeness (QED) is 0.659. The van der Waals surface area contributed by atoms with Gasteiger partial charge in [0.2, 0.25) is 0 Å². The van der Waals surface area contributed by atoms with Crippen LogP contribution in [0.5, 0.6) is 0 Å². The number of hydrogen-bond donors (Lipinski definition) is 1. The number of aromatic nitrogens is 1. The molecule has 1 aromatic rings. The number of ether oxygens (including phenoxy) is 1. The van der Waals surface area contributed by atoms with Crippen LogP contribution in [-0.2, 0) is 17.7 Å². The molecule has 0 spiro atoms. The van der Waals surface area contributed by atoms with Gasteiger partial charge in [0.15, 0.2) is 0 Å². The predicted molar refractivity (Wildman–Crippen MR) is 51.0 cm³/mol.